The Bertz CT molecular complexity index is 1520. The Labute approximate surface area is 207 Å². The first-order valence-corrected chi connectivity index (χ1v) is 12.5. The highest BCUT2D eigenvalue weighted by atomic mass is 32.1. The highest BCUT2D eigenvalue weighted by Gasteiger charge is 2.18. The van der Waals surface area contributed by atoms with Crippen molar-refractivity contribution >= 4 is 49.9 Å². The third-order valence-corrected chi connectivity index (χ3v) is 7.44. The van der Waals surface area contributed by atoms with Gasteiger partial charge in [0, 0.05) is 59.8 Å². The fraction of sp³-hybridized carbons (Fsp3) is 0.185. The Morgan fingerprint density at radius 3 is 2.49 bits per heavy atom. The minimum absolute atomic E-state index is 0.230. The molecule has 0 bridgehead atoms. The number of hydrogen-bond acceptors (Lipinski definition) is 7. The van der Waals surface area contributed by atoms with Crippen LogP contribution in [0.4, 0.5) is 11.5 Å². The third-order valence-electron chi connectivity index (χ3n) is 6.47. The second-order valence-electron chi connectivity index (χ2n) is 8.71. The van der Waals surface area contributed by atoms with Crippen LogP contribution in [0.25, 0.3) is 32.2 Å². The van der Waals surface area contributed by atoms with E-state index in [1.54, 1.807) is 29.9 Å². The Balaban J connectivity index is 1.29. The number of thiophene rings is 1. The van der Waals surface area contributed by atoms with Gasteiger partial charge in [-0.3, -0.25) is 14.8 Å². The number of pyridine rings is 1. The highest BCUT2D eigenvalue weighted by Crippen LogP contribution is 2.37. The van der Waals surface area contributed by atoms with Gasteiger partial charge in [0.15, 0.2) is 0 Å². The molecule has 1 fully saturated rings. The molecular weight excluding hydrogens is 456 g/mol. The lowest BCUT2D eigenvalue weighted by atomic mass is 10.00. The molecule has 5 aromatic rings. The number of amides is 1. The molecular formula is C27H24N6OS. The molecule has 0 atom stereocenters. The molecule has 1 saturated heterocycles. The first-order valence-electron chi connectivity index (χ1n) is 11.6. The molecule has 35 heavy (non-hydrogen) atoms. The molecule has 0 spiro atoms. The van der Waals surface area contributed by atoms with Crippen LogP contribution in [-0.4, -0.2) is 59.0 Å². The van der Waals surface area contributed by atoms with Gasteiger partial charge in [-0.15, -0.1) is 11.3 Å². The molecule has 1 aliphatic heterocycles. The van der Waals surface area contributed by atoms with Crippen LogP contribution in [0.1, 0.15) is 10.4 Å². The maximum absolute atomic E-state index is 13.2. The molecule has 6 rings (SSSR count). The largest absolute Gasteiger partial charge is 0.354 e. The number of anilines is 2. The summed E-state index contributed by atoms with van der Waals surface area (Å²) in [7, 11) is 2.13. The van der Waals surface area contributed by atoms with Crippen molar-refractivity contribution in [1.82, 2.24) is 19.9 Å². The summed E-state index contributed by atoms with van der Waals surface area (Å²) >= 11 is 1.70. The molecule has 174 valence electrons. The van der Waals surface area contributed by atoms with Crippen LogP contribution >= 0.6 is 11.3 Å². The summed E-state index contributed by atoms with van der Waals surface area (Å²) in [6.45, 7) is 3.94. The molecule has 7 nitrogen and oxygen atoms in total. The van der Waals surface area contributed by atoms with Crippen LogP contribution in [0.3, 0.4) is 0 Å². The van der Waals surface area contributed by atoms with Crippen LogP contribution in [0, 0.1) is 0 Å². The molecule has 0 aliphatic carbocycles. The Kier molecular flexibility index (Phi) is 5.60. The van der Waals surface area contributed by atoms with E-state index in [4.69, 9.17) is 0 Å². The molecule has 1 amide bonds. The van der Waals surface area contributed by atoms with E-state index in [0.717, 1.165) is 43.1 Å². The number of rotatable bonds is 4. The predicted molar refractivity (Wildman–Crippen MR) is 142 cm³/mol. The third kappa shape index (κ3) is 4.11. The predicted octanol–water partition coefficient (Wildman–Crippen LogP) is 4.91. The van der Waals surface area contributed by atoms with Gasteiger partial charge >= 0.3 is 0 Å². The lowest BCUT2D eigenvalue weighted by Gasteiger charge is -2.33. The maximum Gasteiger partial charge on any atom is 0.257 e. The van der Waals surface area contributed by atoms with Crippen LogP contribution in [0.15, 0.2) is 72.5 Å². The number of nitrogens with zero attached hydrogens (tertiary/aromatic N) is 5. The zero-order chi connectivity index (χ0) is 23.8. The van der Waals surface area contributed by atoms with E-state index in [2.05, 4.69) is 54.6 Å². The van der Waals surface area contributed by atoms with Gasteiger partial charge in [0.2, 0.25) is 0 Å². The van der Waals surface area contributed by atoms with Crippen molar-refractivity contribution in [3.05, 3.63) is 78.1 Å². The van der Waals surface area contributed by atoms with Crippen LogP contribution in [0.2, 0.25) is 0 Å². The van der Waals surface area contributed by atoms with Gasteiger partial charge in [-0.25, -0.2) is 4.98 Å². The zero-order valence-electron chi connectivity index (χ0n) is 19.3. The van der Waals surface area contributed by atoms with E-state index in [-0.39, 0.29) is 5.91 Å². The van der Waals surface area contributed by atoms with Gasteiger partial charge < -0.3 is 15.1 Å². The molecule has 0 unspecified atom stereocenters. The fourth-order valence-corrected chi connectivity index (χ4v) is 5.49. The van der Waals surface area contributed by atoms with Gasteiger partial charge in [-0.2, -0.15) is 0 Å². The summed E-state index contributed by atoms with van der Waals surface area (Å²) in [5, 5.41) is 6.29. The Morgan fingerprint density at radius 1 is 0.886 bits per heavy atom. The number of hydrogen-bond donors (Lipinski definition) is 1. The molecule has 2 aromatic carbocycles. The van der Waals surface area contributed by atoms with Gasteiger partial charge in [0.05, 0.1) is 23.0 Å². The standard InChI is InChI=1S/C27H24N6OS/c1-32-12-14-33(15-13-32)24-9-6-18(16-30-24)31-27(34)21-8-7-20(25-26(21)29-11-10-28-25)22-17-35-23-5-3-2-4-19(22)23/h2-11,16-17H,12-15H2,1H3,(H,31,34). The molecule has 8 heteroatoms. The van der Waals surface area contributed by atoms with Crippen molar-refractivity contribution in [3.63, 3.8) is 0 Å². The topological polar surface area (TPSA) is 74.2 Å². The van der Waals surface area contributed by atoms with Crippen molar-refractivity contribution in [3.8, 4) is 11.1 Å². The van der Waals surface area contributed by atoms with E-state index < -0.39 is 0 Å². The van der Waals surface area contributed by atoms with Crippen molar-refractivity contribution in [2.45, 2.75) is 0 Å². The second-order valence-corrected chi connectivity index (χ2v) is 9.62. The van der Waals surface area contributed by atoms with E-state index in [9.17, 15) is 4.79 Å². The minimum atomic E-state index is -0.230. The summed E-state index contributed by atoms with van der Waals surface area (Å²) in [6, 6.07) is 16.0. The lowest BCUT2D eigenvalue weighted by Crippen LogP contribution is -2.44. The highest BCUT2D eigenvalue weighted by molar-refractivity contribution is 7.17. The average molecular weight is 481 g/mol. The number of fused-ring (bicyclic) bond motifs is 2. The maximum atomic E-state index is 13.2. The zero-order valence-corrected chi connectivity index (χ0v) is 20.1. The van der Waals surface area contributed by atoms with Gasteiger partial charge in [-0.05, 0) is 36.7 Å². The van der Waals surface area contributed by atoms with Gasteiger partial charge in [0.25, 0.3) is 5.91 Å². The number of aromatic nitrogens is 3. The molecule has 0 saturated carbocycles. The Morgan fingerprint density at radius 2 is 1.69 bits per heavy atom. The number of carbonyl (C=O) groups is 1. The number of nitrogens with one attached hydrogen (secondary N) is 1. The summed E-state index contributed by atoms with van der Waals surface area (Å²) in [5.74, 6) is 0.700. The van der Waals surface area contributed by atoms with E-state index in [1.165, 1.54) is 10.1 Å². The molecule has 3 aromatic heterocycles. The molecule has 4 heterocycles. The normalized spacial score (nSPS) is 14.5. The SMILES string of the molecule is CN1CCN(c2ccc(NC(=O)c3ccc(-c4csc5ccccc45)c4nccnc34)cn2)CC1. The first-order chi connectivity index (χ1) is 17.2. The first kappa shape index (κ1) is 21.6. The summed E-state index contributed by atoms with van der Waals surface area (Å²) < 4.78 is 1.22. The smallest absolute Gasteiger partial charge is 0.257 e. The molecule has 1 aliphatic rings. The number of carbonyl (C=O) groups excluding carboxylic acids is 1. The number of likely N-dealkylation sites (N-methyl/N-ethyl adjacent to an activating group) is 1. The van der Waals surface area contributed by atoms with Crippen molar-refractivity contribution in [1.29, 1.82) is 0 Å². The monoisotopic (exact) mass is 480 g/mol. The number of piperazine rings is 1. The van der Waals surface area contributed by atoms with Gasteiger partial charge in [0.1, 0.15) is 11.3 Å². The minimum Gasteiger partial charge on any atom is -0.354 e. The molecule has 1 N–H and O–H groups in total. The Hall–Kier alpha value is -3.88. The molecule has 0 radical (unpaired) electrons. The summed E-state index contributed by atoms with van der Waals surface area (Å²) in [4.78, 5) is 31.5. The lowest BCUT2D eigenvalue weighted by molar-refractivity contribution is 0.102. The summed E-state index contributed by atoms with van der Waals surface area (Å²) in [5.41, 5.74) is 4.51. The fourth-order valence-electron chi connectivity index (χ4n) is 4.52. The average Bonchev–Trinajstić information content (AvgIpc) is 3.33. The second kappa shape index (κ2) is 9.05. The van der Waals surface area contributed by atoms with Crippen molar-refractivity contribution in [2.75, 3.05) is 43.4 Å². The van der Waals surface area contributed by atoms with E-state index in [1.807, 2.05) is 36.4 Å². The van der Waals surface area contributed by atoms with Crippen LogP contribution in [0.5, 0.6) is 0 Å². The van der Waals surface area contributed by atoms with Crippen molar-refractivity contribution in [2.24, 2.45) is 0 Å². The van der Waals surface area contributed by atoms with Gasteiger partial charge in [-0.1, -0.05) is 24.3 Å². The summed E-state index contributed by atoms with van der Waals surface area (Å²) in [6.07, 6.45) is 5.01. The number of benzene rings is 2. The van der Waals surface area contributed by atoms with E-state index >= 15 is 0 Å². The van der Waals surface area contributed by atoms with Crippen LogP contribution < -0.4 is 10.2 Å². The van der Waals surface area contributed by atoms with Crippen LogP contribution in [-0.2, 0) is 0 Å². The van der Waals surface area contributed by atoms with Crippen molar-refractivity contribution < 1.29 is 4.79 Å². The van der Waals surface area contributed by atoms with E-state index in [0.29, 0.717) is 22.3 Å². The quantitative estimate of drug-likeness (QED) is 0.394.